The second-order valence-corrected chi connectivity index (χ2v) is 7.51. The smallest absolute Gasteiger partial charge is 0.142 e. The van der Waals surface area contributed by atoms with Gasteiger partial charge in [-0.25, -0.2) is 0 Å². The molecule has 0 aliphatic heterocycles. The fourth-order valence-electron chi connectivity index (χ4n) is 2.87. The summed E-state index contributed by atoms with van der Waals surface area (Å²) in [5.41, 5.74) is 4.50. The summed E-state index contributed by atoms with van der Waals surface area (Å²) in [6.45, 7) is 5.27. The van der Waals surface area contributed by atoms with E-state index >= 15 is 0 Å². The van der Waals surface area contributed by atoms with E-state index < -0.39 is 0 Å². The lowest BCUT2D eigenvalue weighted by Crippen LogP contribution is -2.18. The lowest BCUT2D eigenvalue weighted by molar-refractivity contribution is 0.302. The number of benzene rings is 3. The number of nitrogens with one attached hydrogen (secondary N) is 1. The summed E-state index contributed by atoms with van der Waals surface area (Å²) in [7, 11) is 0. The third-order valence-corrected chi connectivity index (χ3v) is 4.99. The van der Waals surface area contributed by atoms with Crippen molar-refractivity contribution in [2.24, 2.45) is 0 Å². The first-order valence-electron chi connectivity index (χ1n) is 8.97. The zero-order chi connectivity index (χ0) is 19.2. The monoisotopic (exact) mass is 399 g/mol. The standard InChI is InChI=1S/C23H23Cl2NO/c1-16-8-10-18(11-9-16)15-27-23-20(12-21(24)13-22(23)25)14-26-17(2)19-6-4-3-5-7-19/h3-13,17,26H,14-15H2,1-2H3/t17-/m0/s1. The summed E-state index contributed by atoms with van der Waals surface area (Å²) in [5.74, 6) is 0.675. The Hall–Kier alpha value is -2.00. The molecule has 0 saturated heterocycles. The van der Waals surface area contributed by atoms with Gasteiger partial charge in [0.25, 0.3) is 0 Å². The first-order valence-corrected chi connectivity index (χ1v) is 9.73. The third kappa shape index (κ3) is 5.49. The van der Waals surface area contributed by atoms with E-state index in [4.69, 9.17) is 27.9 Å². The summed E-state index contributed by atoms with van der Waals surface area (Å²) >= 11 is 12.6. The number of aryl methyl sites for hydroxylation is 1. The number of halogens is 2. The van der Waals surface area contributed by atoms with Gasteiger partial charge in [0.15, 0.2) is 0 Å². The molecule has 27 heavy (non-hydrogen) atoms. The minimum absolute atomic E-state index is 0.203. The van der Waals surface area contributed by atoms with E-state index in [2.05, 4.69) is 55.6 Å². The van der Waals surface area contributed by atoms with Crippen molar-refractivity contribution in [3.63, 3.8) is 0 Å². The van der Waals surface area contributed by atoms with Crippen LogP contribution in [0.5, 0.6) is 5.75 Å². The van der Waals surface area contributed by atoms with Crippen molar-refractivity contribution in [2.75, 3.05) is 0 Å². The van der Waals surface area contributed by atoms with Crippen LogP contribution in [0.1, 0.15) is 35.2 Å². The van der Waals surface area contributed by atoms with E-state index in [9.17, 15) is 0 Å². The highest BCUT2D eigenvalue weighted by Crippen LogP contribution is 2.33. The van der Waals surface area contributed by atoms with Crippen LogP contribution in [0.3, 0.4) is 0 Å². The number of hydrogen-bond donors (Lipinski definition) is 1. The van der Waals surface area contributed by atoms with Gasteiger partial charge in [-0.15, -0.1) is 0 Å². The SMILES string of the molecule is Cc1ccc(COc2c(Cl)cc(Cl)cc2CN[C@@H](C)c2ccccc2)cc1. The Labute approximate surface area is 171 Å². The fraction of sp³-hybridized carbons (Fsp3) is 0.217. The largest absolute Gasteiger partial charge is 0.487 e. The van der Waals surface area contributed by atoms with Crippen molar-refractivity contribution in [2.45, 2.75) is 33.0 Å². The van der Waals surface area contributed by atoms with Crippen LogP contribution in [0.2, 0.25) is 10.0 Å². The minimum Gasteiger partial charge on any atom is -0.487 e. The summed E-state index contributed by atoms with van der Waals surface area (Å²) in [4.78, 5) is 0. The number of rotatable bonds is 7. The Balaban J connectivity index is 1.73. The molecule has 0 radical (unpaired) electrons. The van der Waals surface area contributed by atoms with Crippen LogP contribution in [0, 0.1) is 6.92 Å². The topological polar surface area (TPSA) is 21.3 Å². The molecule has 0 heterocycles. The third-order valence-electron chi connectivity index (χ3n) is 4.49. The maximum absolute atomic E-state index is 6.42. The van der Waals surface area contributed by atoms with Crippen molar-refractivity contribution in [3.8, 4) is 5.75 Å². The summed E-state index contributed by atoms with van der Waals surface area (Å²) in [6.07, 6.45) is 0. The van der Waals surface area contributed by atoms with Gasteiger partial charge in [0, 0.05) is 23.2 Å². The first-order chi connectivity index (χ1) is 13.0. The molecule has 0 aliphatic carbocycles. The molecule has 0 bridgehead atoms. The van der Waals surface area contributed by atoms with Gasteiger partial charge in [-0.2, -0.15) is 0 Å². The molecule has 2 nitrogen and oxygen atoms in total. The molecule has 3 rings (SSSR count). The van der Waals surface area contributed by atoms with E-state index in [1.807, 2.05) is 24.3 Å². The van der Waals surface area contributed by atoms with E-state index in [0.717, 1.165) is 11.1 Å². The van der Waals surface area contributed by atoms with Crippen molar-refractivity contribution in [1.29, 1.82) is 0 Å². The van der Waals surface area contributed by atoms with E-state index in [-0.39, 0.29) is 6.04 Å². The van der Waals surface area contributed by atoms with Crippen molar-refractivity contribution >= 4 is 23.2 Å². The van der Waals surface area contributed by atoms with Crippen LogP contribution in [0.25, 0.3) is 0 Å². The van der Waals surface area contributed by atoms with E-state index in [0.29, 0.717) is 28.9 Å². The zero-order valence-electron chi connectivity index (χ0n) is 15.5. The van der Waals surface area contributed by atoms with Crippen LogP contribution in [-0.2, 0) is 13.2 Å². The molecule has 0 saturated carbocycles. The van der Waals surface area contributed by atoms with E-state index in [1.165, 1.54) is 11.1 Å². The summed E-state index contributed by atoms with van der Waals surface area (Å²) in [5, 5.41) is 4.65. The lowest BCUT2D eigenvalue weighted by atomic mass is 10.1. The Morgan fingerprint density at radius 2 is 1.67 bits per heavy atom. The van der Waals surface area contributed by atoms with Gasteiger partial charge in [-0.05, 0) is 37.1 Å². The summed E-state index contributed by atoms with van der Waals surface area (Å²) in [6, 6.07) is 22.4. The zero-order valence-corrected chi connectivity index (χ0v) is 17.0. The molecule has 4 heteroatoms. The van der Waals surface area contributed by atoms with Gasteiger partial charge in [-0.1, -0.05) is 83.4 Å². The van der Waals surface area contributed by atoms with Gasteiger partial charge in [-0.3, -0.25) is 0 Å². The Morgan fingerprint density at radius 3 is 2.37 bits per heavy atom. The second kappa shape index (κ2) is 9.27. The lowest BCUT2D eigenvalue weighted by Gasteiger charge is -2.18. The van der Waals surface area contributed by atoms with Crippen molar-refractivity contribution in [1.82, 2.24) is 5.32 Å². The highest BCUT2D eigenvalue weighted by molar-refractivity contribution is 6.35. The normalized spacial score (nSPS) is 12.0. The Bertz CT molecular complexity index is 879. The molecule has 0 amide bonds. The predicted octanol–water partition coefficient (Wildman–Crippen LogP) is 6.73. The van der Waals surface area contributed by atoms with Gasteiger partial charge >= 0.3 is 0 Å². The molecule has 0 aliphatic rings. The molecule has 0 unspecified atom stereocenters. The predicted molar refractivity (Wildman–Crippen MR) is 114 cm³/mol. The number of ether oxygens (including phenoxy) is 1. The fourth-order valence-corrected chi connectivity index (χ4v) is 3.46. The van der Waals surface area contributed by atoms with Crippen LogP contribution < -0.4 is 10.1 Å². The molecule has 1 N–H and O–H groups in total. The number of hydrogen-bond acceptors (Lipinski definition) is 2. The average molecular weight is 400 g/mol. The average Bonchev–Trinajstić information content (AvgIpc) is 2.67. The Morgan fingerprint density at radius 1 is 0.963 bits per heavy atom. The van der Waals surface area contributed by atoms with Gasteiger partial charge in [0.2, 0.25) is 0 Å². The second-order valence-electron chi connectivity index (χ2n) is 6.66. The van der Waals surface area contributed by atoms with Crippen LogP contribution in [0.15, 0.2) is 66.7 Å². The molecular formula is C23H23Cl2NO. The highest BCUT2D eigenvalue weighted by atomic mass is 35.5. The first kappa shape index (κ1) is 19.8. The Kier molecular flexibility index (Phi) is 6.78. The highest BCUT2D eigenvalue weighted by Gasteiger charge is 2.13. The van der Waals surface area contributed by atoms with Gasteiger partial charge in [0.1, 0.15) is 12.4 Å². The van der Waals surface area contributed by atoms with Gasteiger partial charge in [0.05, 0.1) is 5.02 Å². The van der Waals surface area contributed by atoms with E-state index in [1.54, 1.807) is 6.07 Å². The molecule has 1 atom stereocenters. The van der Waals surface area contributed by atoms with Gasteiger partial charge < -0.3 is 10.1 Å². The van der Waals surface area contributed by atoms with Crippen molar-refractivity contribution < 1.29 is 4.74 Å². The molecule has 3 aromatic carbocycles. The van der Waals surface area contributed by atoms with Crippen LogP contribution >= 0.6 is 23.2 Å². The van der Waals surface area contributed by atoms with Crippen LogP contribution in [-0.4, -0.2) is 0 Å². The quantitative estimate of drug-likeness (QED) is 0.475. The molecule has 140 valence electrons. The molecular weight excluding hydrogens is 377 g/mol. The summed E-state index contributed by atoms with van der Waals surface area (Å²) < 4.78 is 6.06. The minimum atomic E-state index is 0.203. The van der Waals surface area contributed by atoms with Crippen molar-refractivity contribution in [3.05, 3.63) is 99.0 Å². The molecule has 0 fully saturated rings. The maximum atomic E-state index is 6.42. The molecule has 3 aromatic rings. The van der Waals surface area contributed by atoms with Crippen LogP contribution in [0.4, 0.5) is 0 Å². The molecule has 0 aromatic heterocycles. The maximum Gasteiger partial charge on any atom is 0.142 e. The molecule has 0 spiro atoms.